The topological polar surface area (TPSA) is 92.4 Å². The van der Waals surface area contributed by atoms with E-state index in [1.807, 2.05) is 0 Å². The van der Waals surface area contributed by atoms with Crippen molar-refractivity contribution >= 4 is 33.2 Å². The van der Waals surface area contributed by atoms with Gasteiger partial charge in [-0.25, -0.2) is 18.2 Å². The summed E-state index contributed by atoms with van der Waals surface area (Å²) >= 11 is 0. The van der Waals surface area contributed by atoms with E-state index < -0.39 is 23.3 Å². The Bertz CT molecular complexity index is 2000. The third-order valence-corrected chi connectivity index (χ3v) is 11.3. The summed E-state index contributed by atoms with van der Waals surface area (Å²) in [6.45, 7) is 2.20. The van der Waals surface area contributed by atoms with Crippen LogP contribution in [-0.4, -0.2) is 75.9 Å². The molecule has 11 heteroatoms. The van der Waals surface area contributed by atoms with Gasteiger partial charge in [0.05, 0.1) is 22.2 Å². The van der Waals surface area contributed by atoms with Crippen molar-refractivity contribution in [1.82, 2.24) is 25.2 Å². The lowest BCUT2D eigenvalue weighted by Gasteiger charge is -2.43. The summed E-state index contributed by atoms with van der Waals surface area (Å²) in [5.74, 6) is 1.84. The van der Waals surface area contributed by atoms with Crippen LogP contribution in [0.5, 0.6) is 6.01 Å². The normalized spacial score (nSPS) is 28.3. The minimum absolute atomic E-state index is 0.0108. The molecule has 5 aliphatic heterocycles. The van der Waals surface area contributed by atoms with E-state index in [0.29, 0.717) is 70.4 Å². The number of aromatic nitrogens is 3. The molecule has 2 aromatic heterocycles. The second-order valence-electron chi connectivity index (χ2n) is 14.0. The van der Waals surface area contributed by atoms with E-state index in [1.54, 1.807) is 18.2 Å². The quantitative estimate of drug-likeness (QED) is 0.230. The van der Waals surface area contributed by atoms with Crippen LogP contribution < -0.4 is 20.7 Å². The Balaban J connectivity index is 1.26. The minimum atomic E-state index is -0.901. The summed E-state index contributed by atoms with van der Waals surface area (Å²) in [7, 11) is 0. The lowest BCUT2D eigenvalue weighted by Crippen LogP contribution is -2.58. The van der Waals surface area contributed by atoms with Crippen molar-refractivity contribution < 1.29 is 17.9 Å². The summed E-state index contributed by atoms with van der Waals surface area (Å²) < 4.78 is 53.2. The summed E-state index contributed by atoms with van der Waals surface area (Å²) in [6, 6.07) is 7.07. The molecule has 242 valence electrons. The molecule has 0 amide bonds. The van der Waals surface area contributed by atoms with E-state index in [1.165, 1.54) is 6.07 Å². The zero-order chi connectivity index (χ0) is 32.0. The third-order valence-electron chi connectivity index (χ3n) is 11.3. The van der Waals surface area contributed by atoms with Crippen molar-refractivity contribution in [2.45, 2.75) is 81.2 Å². The lowest BCUT2D eigenvalue weighted by atomic mass is 9.92. The minimum Gasteiger partial charge on any atom is -0.461 e. The molecule has 0 spiro atoms. The smallest absolute Gasteiger partial charge is 0.319 e. The van der Waals surface area contributed by atoms with Gasteiger partial charge in [-0.3, -0.25) is 4.90 Å². The number of nitrogen functional groups attached to an aromatic ring is 1. The molecule has 9 rings (SSSR count). The summed E-state index contributed by atoms with van der Waals surface area (Å²) in [6.07, 6.45) is 11.6. The molecule has 4 aromatic rings. The van der Waals surface area contributed by atoms with Crippen molar-refractivity contribution in [3.05, 3.63) is 47.2 Å². The number of benzene rings is 2. The van der Waals surface area contributed by atoms with Crippen LogP contribution in [0, 0.1) is 24.0 Å². The highest BCUT2D eigenvalue weighted by atomic mass is 19.1. The van der Waals surface area contributed by atoms with Gasteiger partial charge in [0.25, 0.3) is 0 Å². The van der Waals surface area contributed by atoms with Gasteiger partial charge >= 0.3 is 6.01 Å². The predicted octanol–water partition coefficient (Wildman–Crippen LogP) is 5.29. The number of terminal acetylenes is 1. The molecule has 0 radical (unpaired) electrons. The number of aryl methyl sites for hydroxylation is 1. The molecule has 2 aromatic carbocycles. The van der Waals surface area contributed by atoms with Gasteiger partial charge < -0.3 is 20.7 Å². The molecule has 0 saturated carbocycles. The molecule has 4 saturated heterocycles. The van der Waals surface area contributed by atoms with E-state index in [0.717, 1.165) is 51.6 Å². The fraction of sp³-hybridized carbons (Fsp3) is 0.472. The molecule has 7 heterocycles. The molecule has 0 aliphatic carbocycles. The summed E-state index contributed by atoms with van der Waals surface area (Å²) in [5, 5.41) is 5.31. The molecule has 0 unspecified atom stereocenters. The fourth-order valence-corrected chi connectivity index (χ4v) is 9.24. The molecule has 4 fully saturated rings. The van der Waals surface area contributed by atoms with Crippen molar-refractivity contribution in [3.63, 3.8) is 0 Å². The van der Waals surface area contributed by atoms with Crippen molar-refractivity contribution in [2.24, 2.45) is 0 Å². The number of halogens is 3. The number of hydrogen-bond acceptors (Lipinski definition) is 8. The molecule has 3 N–H and O–H groups in total. The zero-order valence-electron chi connectivity index (χ0n) is 26.0. The summed E-state index contributed by atoms with van der Waals surface area (Å²) in [5.41, 5.74) is 7.38. The molecule has 2 bridgehead atoms. The average molecular weight is 640 g/mol. The van der Waals surface area contributed by atoms with Gasteiger partial charge in [-0.2, -0.15) is 9.97 Å². The number of anilines is 2. The summed E-state index contributed by atoms with van der Waals surface area (Å²) in [4.78, 5) is 19.2. The molecule has 5 atom stereocenters. The SMILES string of the molecule is C#Cc1c(F)ccc2cc(N)cc(-c3nc4c5c(nc(OC[C@@]67CCCN6C[C@H](F)C7)nc5c3F)N3C[C@H]5CC[C@H](N5)[C@H]3CCC4)c12. The van der Waals surface area contributed by atoms with Gasteiger partial charge in [0.1, 0.15) is 35.6 Å². The number of alkyl halides is 1. The maximum atomic E-state index is 17.2. The van der Waals surface area contributed by atoms with E-state index in [-0.39, 0.29) is 35.4 Å². The highest BCUT2D eigenvalue weighted by molar-refractivity contribution is 6.04. The van der Waals surface area contributed by atoms with E-state index in [2.05, 4.69) is 21.0 Å². The molecule has 47 heavy (non-hydrogen) atoms. The number of rotatable bonds is 4. The Morgan fingerprint density at radius 2 is 1.98 bits per heavy atom. The first kappa shape index (κ1) is 29.0. The predicted molar refractivity (Wildman–Crippen MR) is 175 cm³/mol. The van der Waals surface area contributed by atoms with E-state index >= 15 is 8.78 Å². The Labute approximate surface area is 270 Å². The number of hydrogen-bond donors (Lipinski definition) is 2. The standard InChI is InChI=1S/C36H36F3N7O/c1-2-23-25(38)9-7-19-13-21(40)14-24(29(19)23)32-31(39)33-30-27(42-32)5-3-6-28-26-10-8-22(41-26)17-46(28)34(30)44-35(43-33)47-18-36-11-4-12-45(36)16-20(37)15-36/h1,7,9,13-14,20,22,26,28,41H,3-6,8,10-12,15-18,40H2/t20-,22-,26+,28-,36+/m1/s1. The second-order valence-corrected chi connectivity index (χ2v) is 14.0. The van der Waals surface area contributed by atoms with Gasteiger partial charge in [0.2, 0.25) is 0 Å². The first-order valence-corrected chi connectivity index (χ1v) is 16.8. The van der Waals surface area contributed by atoms with Crippen LogP contribution in [0.2, 0.25) is 0 Å². The number of nitrogens with two attached hydrogens (primary N) is 1. The number of ether oxygens (including phenoxy) is 1. The highest BCUT2D eigenvalue weighted by Gasteiger charge is 2.49. The molecular formula is C36H36F3N7O. The average Bonchev–Trinajstić information content (AvgIpc) is 3.72. The maximum Gasteiger partial charge on any atom is 0.319 e. The van der Waals surface area contributed by atoms with E-state index in [9.17, 15) is 4.39 Å². The monoisotopic (exact) mass is 639 g/mol. The Kier molecular flexibility index (Phi) is 6.60. The molecule has 5 aliphatic rings. The van der Waals surface area contributed by atoms with E-state index in [4.69, 9.17) is 31.8 Å². The number of fused-ring (bicyclic) bond motifs is 7. The van der Waals surface area contributed by atoms with Gasteiger partial charge in [0, 0.05) is 54.3 Å². The van der Waals surface area contributed by atoms with Crippen LogP contribution in [0.3, 0.4) is 0 Å². The lowest BCUT2D eigenvalue weighted by molar-refractivity contribution is 0.107. The number of pyridine rings is 1. The van der Waals surface area contributed by atoms with Gasteiger partial charge in [-0.05, 0) is 75.1 Å². The Morgan fingerprint density at radius 3 is 2.85 bits per heavy atom. The molecular weight excluding hydrogens is 603 g/mol. The van der Waals surface area contributed by atoms with Gasteiger partial charge in [0.15, 0.2) is 5.82 Å². The molecule has 8 nitrogen and oxygen atoms in total. The van der Waals surface area contributed by atoms with Crippen LogP contribution in [0.15, 0.2) is 24.3 Å². The van der Waals surface area contributed by atoms with Crippen LogP contribution in [0.1, 0.15) is 56.2 Å². The number of nitrogens with one attached hydrogen (secondary N) is 1. The van der Waals surface area contributed by atoms with Gasteiger partial charge in [-0.1, -0.05) is 12.0 Å². The largest absolute Gasteiger partial charge is 0.461 e. The first-order chi connectivity index (χ1) is 22.8. The Morgan fingerprint density at radius 1 is 1.09 bits per heavy atom. The van der Waals surface area contributed by atoms with Crippen LogP contribution in [-0.2, 0) is 6.42 Å². The second kappa shape index (κ2) is 10.7. The number of nitrogens with zero attached hydrogens (tertiary/aromatic N) is 5. The first-order valence-electron chi connectivity index (χ1n) is 16.8. The van der Waals surface area contributed by atoms with Crippen LogP contribution >= 0.6 is 0 Å². The van der Waals surface area contributed by atoms with Crippen LogP contribution in [0.4, 0.5) is 24.7 Å². The van der Waals surface area contributed by atoms with Crippen molar-refractivity contribution in [2.75, 3.05) is 36.9 Å². The Hall–Kier alpha value is -4.14. The fourth-order valence-electron chi connectivity index (χ4n) is 9.24. The van der Waals surface area contributed by atoms with Crippen molar-refractivity contribution in [1.29, 1.82) is 0 Å². The van der Waals surface area contributed by atoms with Crippen molar-refractivity contribution in [3.8, 4) is 29.6 Å². The highest BCUT2D eigenvalue weighted by Crippen LogP contribution is 2.44. The maximum absolute atomic E-state index is 17.2. The zero-order valence-corrected chi connectivity index (χ0v) is 26.0. The van der Waals surface area contributed by atoms with Crippen LogP contribution in [0.25, 0.3) is 32.9 Å². The third kappa shape index (κ3) is 4.48. The number of piperazine rings is 1. The van der Waals surface area contributed by atoms with Gasteiger partial charge in [-0.15, -0.1) is 6.42 Å².